The number of rotatable bonds is 6. The van der Waals surface area contributed by atoms with Gasteiger partial charge in [-0.1, -0.05) is 12.8 Å². The van der Waals surface area contributed by atoms with Crippen molar-refractivity contribution in [1.82, 2.24) is 4.90 Å². The summed E-state index contributed by atoms with van der Waals surface area (Å²) < 4.78 is 25.9. The Labute approximate surface area is 119 Å². The van der Waals surface area contributed by atoms with Crippen molar-refractivity contribution in [3.63, 3.8) is 0 Å². The summed E-state index contributed by atoms with van der Waals surface area (Å²) in [6.07, 6.45) is 2.60. The van der Waals surface area contributed by atoms with E-state index < -0.39 is 6.43 Å². The van der Waals surface area contributed by atoms with Gasteiger partial charge in [0, 0.05) is 36.1 Å². The highest BCUT2D eigenvalue weighted by Gasteiger charge is 2.19. The van der Waals surface area contributed by atoms with E-state index in [4.69, 9.17) is 5.73 Å². The summed E-state index contributed by atoms with van der Waals surface area (Å²) in [5.74, 6) is 0. The minimum absolute atomic E-state index is 0.0199. The van der Waals surface area contributed by atoms with Crippen LogP contribution in [-0.2, 0) is 0 Å². The monoisotopic (exact) mass is 283 g/mol. The third-order valence-corrected chi connectivity index (χ3v) is 4.04. The van der Waals surface area contributed by atoms with Crippen molar-refractivity contribution in [3.8, 4) is 0 Å². The van der Waals surface area contributed by atoms with E-state index in [2.05, 4.69) is 17.3 Å². The Kier molecular flexibility index (Phi) is 5.17. The topological polar surface area (TPSA) is 41.3 Å². The fourth-order valence-corrected chi connectivity index (χ4v) is 2.82. The fourth-order valence-electron chi connectivity index (χ4n) is 2.82. The number of benzene rings is 1. The molecule has 0 heterocycles. The van der Waals surface area contributed by atoms with Crippen LogP contribution in [0.5, 0.6) is 0 Å². The molecule has 0 bridgehead atoms. The van der Waals surface area contributed by atoms with E-state index in [1.54, 1.807) is 12.1 Å². The molecule has 1 aromatic rings. The van der Waals surface area contributed by atoms with Crippen molar-refractivity contribution in [2.24, 2.45) is 0 Å². The van der Waals surface area contributed by atoms with Gasteiger partial charge in [-0.3, -0.25) is 0 Å². The first kappa shape index (κ1) is 15.0. The van der Waals surface area contributed by atoms with E-state index in [0.29, 0.717) is 24.0 Å². The van der Waals surface area contributed by atoms with Crippen LogP contribution in [0.15, 0.2) is 18.2 Å². The molecule has 1 aliphatic rings. The number of nitrogens with one attached hydrogen (secondary N) is 1. The number of likely N-dealkylation sites (N-methyl/N-ethyl adjacent to an activating group) is 1. The molecule has 0 amide bonds. The van der Waals surface area contributed by atoms with Crippen LogP contribution in [0, 0.1) is 0 Å². The van der Waals surface area contributed by atoms with Crippen molar-refractivity contribution < 1.29 is 8.78 Å². The zero-order valence-electron chi connectivity index (χ0n) is 11.9. The molecule has 1 aliphatic carbocycles. The molecule has 1 fully saturated rings. The molecule has 1 saturated carbocycles. The third-order valence-electron chi connectivity index (χ3n) is 4.04. The number of hydrogen-bond acceptors (Lipinski definition) is 3. The first-order valence-electron chi connectivity index (χ1n) is 7.19. The first-order chi connectivity index (χ1) is 9.58. The van der Waals surface area contributed by atoms with E-state index in [1.807, 2.05) is 0 Å². The number of nitrogens with zero attached hydrogens (tertiary/aromatic N) is 1. The molecule has 0 spiro atoms. The molecule has 3 nitrogen and oxygen atoms in total. The highest BCUT2D eigenvalue weighted by atomic mass is 19.3. The Morgan fingerprint density at radius 2 is 2.05 bits per heavy atom. The standard InChI is InChI=1S/C15H23F2N3/c1-20(12-4-2-3-5-12)9-8-19-14-7-6-11(18)10-13(14)15(16)17/h6-7,10,12,15,19H,2-5,8-9,18H2,1H3. The lowest BCUT2D eigenvalue weighted by molar-refractivity contribution is 0.152. The Morgan fingerprint density at radius 1 is 1.35 bits per heavy atom. The van der Waals surface area contributed by atoms with Crippen molar-refractivity contribution in [2.75, 3.05) is 31.2 Å². The number of anilines is 2. The van der Waals surface area contributed by atoms with E-state index in [1.165, 1.54) is 31.7 Å². The molecule has 2 rings (SSSR count). The fraction of sp³-hybridized carbons (Fsp3) is 0.600. The van der Waals surface area contributed by atoms with Gasteiger partial charge in [0.1, 0.15) is 0 Å². The van der Waals surface area contributed by atoms with E-state index in [9.17, 15) is 8.78 Å². The Morgan fingerprint density at radius 3 is 2.70 bits per heavy atom. The van der Waals surface area contributed by atoms with Crippen LogP contribution < -0.4 is 11.1 Å². The van der Waals surface area contributed by atoms with Gasteiger partial charge in [0.05, 0.1) is 0 Å². The Hall–Kier alpha value is -1.36. The van der Waals surface area contributed by atoms with Gasteiger partial charge >= 0.3 is 0 Å². The summed E-state index contributed by atoms with van der Waals surface area (Å²) in [6, 6.07) is 5.27. The van der Waals surface area contributed by atoms with Gasteiger partial charge in [0.2, 0.25) is 0 Å². The van der Waals surface area contributed by atoms with Crippen LogP contribution in [-0.4, -0.2) is 31.1 Å². The molecule has 3 N–H and O–H groups in total. The molecular formula is C15H23F2N3. The minimum Gasteiger partial charge on any atom is -0.399 e. The lowest BCUT2D eigenvalue weighted by Gasteiger charge is -2.24. The van der Waals surface area contributed by atoms with E-state index >= 15 is 0 Å². The second-order valence-electron chi connectivity index (χ2n) is 5.49. The predicted molar refractivity (Wildman–Crippen MR) is 79.2 cm³/mol. The van der Waals surface area contributed by atoms with Gasteiger partial charge in [0.15, 0.2) is 0 Å². The van der Waals surface area contributed by atoms with Gasteiger partial charge in [-0.25, -0.2) is 8.78 Å². The highest BCUT2D eigenvalue weighted by Crippen LogP contribution is 2.29. The number of halogens is 2. The summed E-state index contributed by atoms with van der Waals surface area (Å²) in [5, 5.41) is 3.10. The Balaban J connectivity index is 1.87. The maximum Gasteiger partial charge on any atom is 0.265 e. The van der Waals surface area contributed by atoms with Crippen LogP contribution in [0.4, 0.5) is 20.2 Å². The van der Waals surface area contributed by atoms with Crippen LogP contribution in [0.2, 0.25) is 0 Å². The normalized spacial score (nSPS) is 16.2. The van der Waals surface area contributed by atoms with Crippen LogP contribution in [0.25, 0.3) is 0 Å². The summed E-state index contributed by atoms with van der Waals surface area (Å²) >= 11 is 0. The zero-order valence-corrected chi connectivity index (χ0v) is 11.9. The van der Waals surface area contributed by atoms with Gasteiger partial charge in [-0.2, -0.15) is 0 Å². The van der Waals surface area contributed by atoms with Crippen molar-refractivity contribution >= 4 is 11.4 Å². The summed E-state index contributed by atoms with van der Waals surface area (Å²) in [6.45, 7) is 1.52. The molecule has 0 aliphatic heterocycles. The van der Waals surface area contributed by atoms with Gasteiger partial charge in [0.25, 0.3) is 6.43 Å². The molecule has 5 heteroatoms. The van der Waals surface area contributed by atoms with Gasteiger partial charge in [-0.05, 0) is 38.1 Å². The first-order valence-corrected chi connectivity index (χ1v) is 7.19. The second-order valence-corrected chi connectivity index (χ2v) is 5.49. The van der Waals surface area contributed by atoms with Crippen LogP contribution >= 0.6 is 0 Å². The van der Waals surface area contributed by atoms with Crippen molar-refractivity contribution in [2.45, 2.75) is 38.2 Å². The lowest BCUT2D eigenvalue weighted by Crippen LogP contribution is -2.33. The number of hydrogen-bond donors (Lipinski definition) is 2. The quantitative estimate of drug-likeness (QED) is 0.785. The lowest BCUT2D eigenvalue weighted by atomic mass is 10.1. The average molecular weight is 283 g/mol. The summed E-state index contributed by atoms with van der Waals surface area (Å²) in [4.78, 5) is 2.32. The number of nitrogens with two attached hydrogens (primary N) is 1. The number of nitrogen functional groups attached to an aromatic ring is 1. The molecule has 0 atom stereocenters. The molecule has 0 unspecified atom stereocenters. The van der Waals surface area contributed by atoms with Crippen molar-refractivity contribution in [3.05, 3.63) is 23.8 Å². The molecule has 20 heavy (non-hydrogen) atoms. The molecule has 0 radical (unpaired) electrons. The average Bonchev–Trinajstić information content (AvgIpc) is 2.94. The zero-order chi connectivity index (χ0) is 14.5. The van der Waals surface area contributed by atoms with Crippen LogP contribution in [0.3, 0.4) is 0 Å². The highest BCUT2D eigenvalue weighted by molar-refractivity contribution is 5.58. The summed E-state index contributed by atoms with van der Waals surface area (Å²) in [7, 11) is 2.11. The minimum atomic E-state index is -2.51. The second kappa shape index (κ2) is 6.88. The van der Waals surface area contributed by atoms with Crippen LogP contribution in [0.1, 0.15) is 37.7 Å². The molecule has 112 valence electrons. The molecule has 0 saturated heterocycles. The predicted octanol–water partition coefficient (Wildman–Crippen LogP) is 3.49. The maximum absolute atomic E-state index is 12.9. The van der Waals surface area contributed by atoms with Gasteiger partial charge < -0.3 is 16.0 Å². The van der Waals surface area contributed by atoms with E-state index in [0.717, 1.165) is 6.54 Å². The number of alkyl halides is 2. The summed E-state index contributed by atoms with van der Waals surface area (Å²) in [5.41, 5.74) is 6.39. The Bertz CT molecular complexity index is 431. The van der Waals surface area contributed by atoms with E-state index in [-0.39, 0.29) is 5.56 Å². The van der Waals surface area contributed by atoms with Gasteiger partial charge in [-0.15, -0.1) is 0 Å². The molecule has 1 aromatic carbocycles. The smallest absolute Gasteiger partial charge is 0.265 e. The largest absolute Gasteiger partial charge is 0.399 e. The molecule has 0 aromatic heterocycles. The third kappa shape index (κ3) is 3.82. The molecular weight excluding hydrogens is 260 g/mol. The SMILES string of the molecule is CN(CCNc1ccc(N)cc1C(F)F)C1CCCC1. The van der Waals surface area contributed by atoms with Crippen molar-refractivity contribution in [1.29, 1.82) is 0 Å². The maximum atomic E-state index is 12.9.